The zero-order chi connectivity index (χ0) is 41.0. The summed E-state index contributed by atoms with van der Waals surface area (Å²) in [6.45, 7) is 4.30. The van der Waals surface area contributed by atoms with Crippen LogP contribution in [0.5, 0.6) is 0 Å². The number of ketones is 1. The minimum absolute atomic E-state index is 0.0591. The Morgan fingerprint density at radius 2 is 1.66 bits per heavy atom. The smallest absolute Gasteiger partial charge is 0.263 e. The first kappa shape index (κ1) is 38.5. The van der Waals surface area contributed by atoms with Gasteiger partial charge in [0.05, 0.1) is 33.5 Å². The van der Waals surface area contributed by atoms with Crippen LogP contribution in [-0.4, -0.2) is 111 Å². The van der Waals surface area contributed by atoms with Crippen LogP contribution < -0.4 is 21.1 Å². The van der Waals surface area contributed by atoms with Gasteiger partial charge in [-0.05, 0) is 62.9 Å². The van der Waals surface area contributed by atoms with Crippen molar-refractivity contribution >= 4 is 73.6 Å². The van der Waals surface area contributed by atoms with E-state index in [0.29, 0.717) is 40.4 Å². The molecule has 2 saturated heterocycles. The Balaban J connectivity index is 0.917. The molecule has 5 amide bonds. The number of hydrogen-bond donors (Lipinski definition) is 2. The maximum atomic E-state index is 13.6. The lowest BCUT2D eigenvalue weighted by atomic mass is 10.0. The highest BCUT2D eigenvalue weighted by atomic mass is 32.2. The summed E-state index contributed by atoms with van der Waals surface area (Å²) in [5, 5.41) is 5.84. The normalized spacial score (nSPS) is 18.9. The molecule has 0 bridgehead atoms. The highest BCUT2D eigenvalue weighted by molar-refractivity contribution is 7.92. The summed E-state index contributed by atoms with van der Waals surface area (Å²) in [5.41, 5.74) is 0.999. The summed E-state index contributed by atoms with van der Waals surface area (Å²) in [4.78, 5) is 107. The summed E-state index contributed by atoms with van der Waals surface area (Å²) in [5.74, 6) is -4.40. The second kappa shape index (κ2) is 14.9. The fourth-order valence-electron chi connectivity index (χ4n) is 8.36. The van der Waals surface area contributed by atoms with E-state index >= 15 is 0 Å². The van der Waals surface area contributed by atoms with Crippen LogP contribution in [0.15, 0.2) is 52.4 Å². The average molecular weight is 810 g/mol. The van der Waals surface area contributed by atoms with Crippen LogP contribution >= 0.6 is 0 Å². The van der Waals surface area contributed by atoms with Crippen LogP contribution in [0.4, 0.5) is 17.5 Å². The van der Waals surface area contributed by atoms with Gasteiger partial charge in [0.15, 0.2) is 15.6 Å². The van der Waals surface area contributed by atoms with Crippen molar-refractivity contribution in [2.45, 2.75) is 69.4 Å². The second-order valence-corrected chi connectivity index (χ2v) is 16.8. The number of anilines is 3. The summed E-state index contributed by atoms with van der Waals surface area (Å²) < 4.78 is 28.9. The molecule has 6 heterocycles. The van der Waals surface area contributed by atoms with Gasteiger partial charge in [0.2, 0.25) is 23.7 Å². The van der Waals surface area contributed by atoms with Gasteiger partial charge in [-0.2, -0.15) is 4.98 Å². The maximum Gasteiger partial charge on any atom is 0.263 e. The number of pyridine rings is 2. The molecule has 1 saturated carbocycles. The minimum Gasteiger partial charge on any atom is -0.367 e. The SMILES string of the molecule is CC(=O)c1c(C)c2cnc(Nc3ccc(N4CCN(C(=O)CS(=O)(=O)c5cccc6c5C(=O)N(C5CCC(=O)NC5=O)C6=O)CC4)cn3)nc2n(C2CCCC2)c1=O. The molecule has 1 aliphatic carbocycles. The van der Waals surface area contributed by atoms with Crippen molar-refractivity contribution in [2.75, 3.05) is 42.1 Å². The lowest BCUT2D eigenvalue weighted by Gasteiger charge is -2.36. The number of piperazine rings is 1. The van der Waals surface area contributed by atoms with Crippen molar-refractivity contribution in [2.24, 2.45) is 0 Å². The Bertz CT molecular complexity index is 2610. The molecule has 18 nitrogen and oxygen atoms in total. The van der Waals surface area contributed by atoms with Gasteiger partial charge < -0.3 is 15.1 Å². The van der Waals surface area contributed by atoms with Gasteiger partial charge in [-0.15, -0.1) is 0 Å². The summed E-state index contributed by atoms with van der Waals surface area (Å²) in [7, 11) is -4.41. The summed E-state index contributed by atoms with van der Waals surface area (Å²) in [6, 6.07) is 6.01. The number of imide groups is 2. The van der Waals surface area contributed by atoms with Gasteiger partial charge in [-0.3, -0.25) is 48.3 Å². The van der Waals surface area contributed by atoms with Gasteiger partial charge in [0, 0.05) is 50.2 Å². The van der Waals surface area contributed by atoms with E-state index in [2.05, 4.69) is 20.6 Å². The van der Waals surface area contributed by atoms with E-state index in [1.807, 2.05) is 11.0 Å². The molecule has 4 aliphatic rings. The van der Waals surface area contributed by atoms with E-state index < -0.39 is 61.6 Å². The molecule has 58 heavy (non-hydrogen) atoms. The number of sulfone groups is 1. The Hall–Kier alpha value is -6.37. The van der Waals surface area contributed by atoms with Crippen LogP contribution in [0.1, 0.15) is 88.1 Å². The minimum atomic E-state index is -4.41. The number of carbonyl (C=O) groups is 6. The van der Waals surface area contributed by atoms with Gasteiger partial charge in [-0.1, -0.05) is 18.9 Å². The Labute approximate surface area is 331 Å². The average Bonchev–Trinajstić information content (AvgIpc) is 3.81. The number of Topliss-reactive ketones (excluding diaryl/α,β-unsaturated/α-hetero) is 1. The molecular formula is C39H39N9O9S. The molecular weight excluding hydrogens is 771 g/mol. The number of fused-ring (bicyclic) bond motifs is 2. The molecule has 0 spiro atoms. The lowest BCUT2D eigenvalue weighted by Crippen LogP contribution is -2.54. The van der Waals surface area contributed by atoms with Crippen LogP contribution in [0.2, 0.25) is 0 Å². The van der Waals surface area contributed by atoms with E-state index in [0.717, 1.165) is 37.4 Å². The molecule has 1 aromatic carbocycles. The van der Waals surface area contributed by atoms with Crippen molar-refractivity contribution in [3.05, 3.63) is 75.3 Å². The van der Waals surface area contributed by atoms with Gasteiger partial charge in [-0.25, -0.2) is 18.4 Å². The number of amides is 5. The van der Waals surface area contributed by atoms with Crippen LogP contribution in [0, 0.1) is 6.92 Å². The third-order valence-electron chi connectivity index (χ3n) is 11.3. The van der Waals surface area contributed by atoms with E-state index in [-0.39, 0.29) is 60.4 Å². The fraction of sp³-hybridized carbons (Fsp3) is 0.385. The monoisotopic (exact) mass is 809 g/mol. The standard InChI is InChI=1S/C39H39N9O9S/c1-21-26-19-41-39(44-34(26)47(23-6-3-4-7-23)37(54)32(21)22(2)49)42-29-12-10-24(18-40-29)45-14-16-46(17-15-45)31(51)20-58(56,57)28-9-5-8-25-33(28)38(55)48(36(25)53)27-11-13-30(50)43-35(27)52/h5,8-10,12,18-19,23,27H,3-4,6-7,11,13-17,20H2,1-2H3,(H,43,50,52)(H,40,41,42,44). The molecule has 3 fully saturated rings. The number of aromatic nitrogens is 4. The number of piperidine rings is 1. The van der Waals surface area contributed by atoms with E-state index in [1.165, 1.54) is 24.0 Å². The van der Waals surface area contributed by atoms with Crippen LogP contribution in [0.25, 0.3) is 11.0 Å². The Morgan fingerprint density at radius 1 is 0.914 bits per heavy atom. The van der Waals surface area contributed by atoms with Crippen molar-refractivity contribution in [3.63, 3.8) is 0 Å². The fourth-order valence-corrected chi connectivity index (χ4v) is 9.82. The number of benzene rings is 1. The predicted octanol–water partition coefficient (Wildman–Crippen LogP) is 2.08. The first-order valence-electron chi connectivity index (χ1n) is 19.0. The molecule has 1 atom stereocenters. The van der Waals surface area contributed by atoms with Crippen molar-refractivity contribution in [3.8, 4) is 0 Å². The predicted molar refractivity (Wildman–Crippen MR) is 208 cm³/mol. The lowest BCUT2D eigenvalue weighted by molar-refractivity contribution is -0.136. The van der Waals surface area contributed by atoms with Crippen molar-refractivity contribution in [1.82, 2.24) is 34.6 Å². The summed E-state index contributed by atoms with van der Waals surface area (Å²) >= 11 is 0. The highest BCUT2D eigenvalue weighted by Crippen LogP contribution is 2.34. The van der Waals surface area contributed by atoms with Crippen LogP contribution in [0.3, 0.4) is 0 Å². The second-order valence-electron chi connectivity index (χ2n) is 14.9. The van der Waals surface area contributed by atoms with Crippen molar-refractivity contribution < 1.29 is 37.2 Å². The molecule has 2 N–H and O–H groups in total. The third kappa shape index (κ3) is 6.77. The van der Waals surface area contributed by atoms with E-state index in [9.17, 15) is 42.0 Å². The maximum absolute atomic E-state index is 13.6. The number of aryl methyl sites for hydroxylation is 1. The Kier molecular flexibility index (Phi) is 9.86. The first-order chi connectivity index (χ1) is 27.7. The number of carbonyl (C=O) groups excluding carboxylic acids is 6. The zero-order valence-electron chi connectivity index (χ0n) is 31.7. The van der Waals surface area contributed by atoms with E-state index in [4.69, 9.17) is 4.98 Å². The first-order valence-corrected chi connectivity index (χ1v) is 20.6. The zero-order valence-corrected chi connectivity index (χ0v) is 32.5. The number of nitrogens with one attached hydrogen (secondary N) is 2. The number of hydrogen-bond acceptors (Lipinski definition) is 14. The molecule has 1 unspecified atom stereocenters. The van der Waals surface area contributed by atoms with Gasteiger partial charge in [0.1, 0.15) is 23.3 Å². The topological polar surface area (TPSA) is 231 Å². The number of nitrogens with zero attached hydrogens (tertiary/aromatic N) is 7. The molecule has 4 aromatic rings. The molecule has 3 aromatic heterocycles. The van der Waals surface area contributed by atoms with Gasteiger partial charge in [0.25, 0.3) is 17.4 Å². The summed E-state index contributed by atoms with van der Waals surface area (Å²) in [6.07, 6.45) is 6.70. The molecule has 0 radical (unpaired) electrons. The highest BCUT2D eigenvalue weighted by Gasteiger charge is 2.47. The van der Waals surface area contributed by atoms with E-state index in [1.54, 1.807) is 30.0 Å². The third-order valence-corrected chi connectivity index (χ3v) is 13.0. The molecule has 8 rings (SSSR count). The van der Waals surface area contributed by atoms with Gasteiger partial charge >= 0.3 is 0 Å². The van der Waals surface area contributed by atoms with Crippen molar-refractivity contribution in [1.29, 1.82) is 0 Å². The molecule has 19 heteroatoms. The number of rotatable bonds is 9. The largest absolute Gasteiger partial charge is 0.367 e. The quantitative estimate of drug-likeness (QED) is 0.182. The van der Waals surface area contributed by atoms with Crippen LogP contribution in [-0.2, 0) is 24.2 Å². The molecule has 300 valence electrons. The molecule has 3 aliphatic heterocycles. The Morgan fingerprint density at radius 3 is 2.33 bits per heavy atom.